The average Bonchev–Trinajstić information content (AvgIpc) is 2.45. The van der Waals surface area contributed by atoms with Gasteiger partial charge in [-0.2, -0.15) is 0 Å². The summed E-state index contributed by atoms with van der Waals surface area (Å²) in [5.41, 5.74) is 9.28. The van der Waals surface area contributed by atoms with Gasteiger partial charge >= 0.3 is 0 Å². The molecule has 3 heteroatoms. The van der Waals surface area contributed by atoms with Crippen molar-refractivity contribution in [3.8, 4) is 0 Å². The minimum Gasteiger partial charge on any atom is -0.399 e. The molecular formula is C18H20N2O. The molecule has 0 saturated heterocycles. The summed E-state index contributed by atoms with van der Waals surface area (Å²) in [6.45, 7) is 4.21. The first-order valence-electron chi connectivity index (χ1n) is 7.00. The summed E-state index contributed by atoms with van der Waals surface area (Å²) >= 11 is 0. The number of benzene rings is 2. The van der Waals surface area contributed by atoms with Crippen LogP contribution in [0.5, 0.6) is 0 Å². The van der Waals surface area contributed by atoms with Crippen molar-refractivity contribution in [2.24, 2.45) is 0 Å². The SMILES string of the molecule is CC(C)c1ccccc1NC(=O)/C=C/c1cccc(N)c1. The lowest BCUT2D eigenvalue weighted by Gasteiger charge is -2.12. The van der Waals surface area contributed by atoms with Crippen molar-refractivity contribution in [3.05, 3.63) is 65.7 Å². The van der Waals surface area contributed by atoms with Crippen LogP contribution in [-0.2, 0) is 4.79 Å². The highest BCUT2D eigenvalue weighted by atomic mass is 16.1. The maximum absolute atomic E-state index is 12.0. The van der Waals surface area contributed by atoms with E-state index in [1.54, 1.807) is 6.08 Å². The maximum Gasteiger partial charge on any atom is 0.248 e. The smallest absolute Gasteiger partial charge is 0.248 e. The van der Waals surface area contributed by atoms with Crippen molar-refractivity contribution in [3.63, 3.8) is 0 Å². The molecular weight excluding hydrogens is 260 g/mol. The molecule has 0 heterocycles. The summed E-state index contributed by atoms with van der Waals surface area (Å²) in [6, 6.07) is 15.3. The summed E-state index contributed by atoms with van der Waals surface area (Å²) in [5, 5.41) is 2.92. The number of nitrogen functional groups attached to an aromatic ring is 1. The third-order valence-electron chi connectivity index (χ3n) is 3.18. The third kappa shape index (κ3) is 4.21. The lowest BCUT2D eigenvalue weighted by molar-refractivity contribution is -0.111. The van der Waals surface area contributed by atoms with Gasteiger partial charge < -0.3 is 11.1 Å². The lowest BCUT2D eigenvalue weighted by atomic mass is 10.0. The van der Waals surface area contributed by atoms with Gasteiger partial charge in [0.05, 0.1) is 0 Å². The Morgan fingerprint density at radius 1 is 1.14 bits per heavy atom. The Bertz CT molecular complexity index is 660. The molecule has 2 rings (SSSR count). The fourth-order valence-corrected chi connectivity index (χ4v) is 2.12. The molecule has 1 amide bonds. The van der Waals surface area contributed by atoms with Crippen LogP contribution in [0, 0.1) is 0 Å². The summed E-state index contributed by atoms with van der Waals surface area (Å²) in [7, 11) is 0. The van der Waals surface area contributed by atoms with E-state index < -0.39 is 0 Å². The molecule has 21 heavy (non-hydrogen) atoms. The molecule has 0 fully saturated rings. The van der Waals surface area contributed by atoms with Gasteiger partial charge in [0.15, 0.2) is 0 Å². The quantitative estimate of drug-likeness (QED) is 0.656. The number of para-hydroxylation sites is 1. The monoisotopic (exact) mass is 280 g/mol. The minimum atomic E-state index is -0.148. The van der Waals surface area contributed by atoms with Crippen molar-refractivity contribution in [2.45, 2.75) is 19.8 Å². The predicted octanol–water partition coefficient (Wildman–Crippen LogP) is 4.04. The van der Waals surface area contributed by atoms with E-state index in [4.69, 9.17) is 5.73 Å². The van der Waals surface area contributed by atoms with Crippen molar-refractivity contribution in [1.29, 1.82) is 0 Å². The van der Waals surface area contributed by atoms with Crippen LogP contribution < -0.4 is 11.1 Å². The standard InChI is InChI=1S/C18H20N2O/c1-13(2)16-8-3-4-9-17(16)20-18(21)11-10-14-6-5-7-15(19)12-14/h3-13H,19H2,1-2H3,(H,20,21)/b11-10+. The van der Waals surface area contributed by atoms with Crippen LogP contribution in [0.2, 0.25) is 0 Å². The van der Waals surface area contributed by atoms with Gasteiger partial charge in [0, 0.05) is 17.5 Å². The van der Waals surface area contributed by atoms with Gasteiger partial charge in [0.2, 0.25) is 5.91 Å². The zero-order valence-corrected chi connectivity index (χ0v) is 12.3. The van der Waals surface area contributed by atoms with Crippen LogP contribution >= 0.6 is 0 Å². The number of carbonyl (C=O) groups is 1. The number of amides is 1. The van der Waals surface area contributed by atoms with Gasteiger partial charge in [0.1, 0.15) is 0 Å². The van der Waals surface area contributed by atoms with E-state index >= 15 is 0 Å². The molecule has 0 saturated carbocycles. The summed E-state index contributed by atoms with van der Waals surface area (Å²) < 4.78 is 0. The molecule has 0 aliphatic rings. The Kier molecular flexibility index (Phi) is 4.77. The summed E-state index contributed by atoms with van der Waals surface area (Å²) in [6.07, 6.45) is 3.27. The number of carbonyl (C=O) groups excluding carboxylic acids is 1. The lowest BCUT2D eigenvalue weighted by Crippen LogP contribution is -2.10. The van der Waals surface area contributed by atoms with E-state index in [-0.39, 0.29) is 5.91 Å². The number of nitrogens with two attached hydrogens (primary N) is 1. The molecule has 0 aliphatic heterocycles. The predicted molar refractivity (Wildman–Crippen MR) is 89.0 cm³/mol. The molecule has 0 unspecified atom stereocenters. The first-order chi connectivity index (χ1) is 10.1. The number of rotatable bonds is 4. The molecule has 108 valence electrons. The fourth-order valence-electron chi connectivity index (χ4n) is 2.12. The third-order valence-corrected chi connectivity index (χ3v) is 3.18. The molecule has 3 N–H and O–H groups in total. The highest BCUT2D eigenvalue weighted by Gasteiger charge is 2.07. The van der Waals surface area contributed by atoms with Gasteiger partial charge in [-0.1, -0.05) is 44.2 Å². The minimum absolute atomic E-state index is 0.148. The molecule has 0 radical (unpaired) electrons. The Balaban J connectivity index is 2.09. The Labute approximate surface area is 125 Å². The van der Waals surface area contributed by atoms with Crippen molar-refractivity contribution < 1.29 is 4.79 Å². The Hall–Kier alpha value is -2.55. The highest BCUT2D eigenvalue weighted by Crippen LogP contribution is 2.23. The van der Waals surface area contributed by atoms with Gasteiger partial charge in [-0.25, -0.2) is 0 Å². The number of nitrogens with one attached hydrogen (secondary N) is 1. The van der Waals surface area contributed by atoms with E-state index in [2.05, 4.69) is 19.2 Å². The Morgan fingerprint density at radius 2 is 1.90 bits per heavy atom. The van der Waals surface area contributed by atoms with E-state index in [0.717, 1.165) is 16.8 Å². The van der Waals surface area contributed by atoms with Crippen molar-refractivity contribution in [1.82, 2.24) is 0 Å². The van der Waals surface area contributed by atoms with Crippen LogP contribution in [0.25, 0.3) is 6.08 Å². The van der Waals surface area contributed by atoms with Crippen molar-refractivity contribution in [2.75, 3.05) is 11.1 Å². The van der Waals surface area contributed by atoms with E-state index in [1.165, 1.54) is 6.08 Å². The van der Waals surface area contributed by atoms with Gasteiger partial charge in [-0.15, -0.1) is 0 Å². The van der Waals surface area contributed by atoms with Crippen LogP contribution in [0.1, 0.15) is 30.9 Å². The summed E-state index contributed by atoms with van der Waals surface area (Å²) in [5.74, 6) is 0.213. The molecule has 2 aromatic carbocycles. The molecule has 0 spiro atoms. The molecule has 0 aromatic heterocycles. The van der Waals surface area contributed by atoms with E-state index in [9.17, 15) is 4.79 Å². The Morgan fingerprint density at radius 3 is 2.62 bits per heavy atom. The van der Waals surface area contributed by atoms with Gasteiger partial charge in [-0.05, 0) is 41.3 Å². The molecule has 0 aliphatic carbocycles. The van der Waals surface area contributed by atoms with Gasteiger partial charge in [-0.3, -0.25) is 4.79 Å². The van der Waals surface area contributed by atoms with E-state index in [1.807, 2.05) is 48.5 Å². The molecule has 0 atom stereocenters. The first-order valence-corrected chi connectivity index (χ1v) is 7.00. The first kappa shape index (κ1) is 14.9. The second-order valence-corrected chi connectivity index (χ2v) is 5.23. The maximum atomic E-state index is 12.0. The van der Waals surface area contributed by atoms with Crippen LogP contribution in [0.3, 0.4) is 0 Å². The van der Waals surface area contributed by atoms with E-state index in [0.29, 0.717) is 11.6 Å². The molecule has 0 bridgehead atoms. The average molecular weight is 280 g/mol. The number of hydrogen-bond acceptors (Lipinski definition) is 2. The molecule has 2 aromatic rings. The number of anilines is 2. The van der Waals surface area contributed by atoms with Crippen LogP contribution in [0.4, 0.5) is 11.4 Å². The van der Waals surface area contributed by atoms with Crippen LogP contribution in [-0.4, -0.2) is 5.91 Å². The fraction of sp³-hybridized carbons (Fsp3) is 0.167. The zero-order chi connectivity index (χ0) is 15.2. The normalized spacial score (nSPS) is 11.0. The van der Waals surface area contributed by atoms with Gasteiger partial charge in [0.25, 0.3) is 0 Å². The zero-order valence-electron chi connectivity index (χ0n) is 12.3. The number of hydrogen-bond donors (Lipinski definition) is 2. The molecule has 3 nitrogen and oxygen atoms in total. The topological polar surface area (TPSA) is 55.1 Å². The highest BCUT2D eigenvalue weighted by molar-refractivity contribution is 6.02. The summed E-state index contributed by atoms with van der Waals surface area (Å²) in [4.78, 5) is 12.0. The second-order valence-electron chi connectivity index (χ2n) is 5.23. The van der Waals surface area contributed by atoms with Crippen LogP contribution in [0.15, 0.2) is 54.6 Å². The second kappa shape index (κ2) is 6.75. The largest absolute Gasteiger partial charge is 0.399 e. The van der Waals surface area contributed by atoms with Crippen molar-refractivity contribution >= 4 is 23.4 Å².